The van der Waals surface area contributed by atoms with Gasteiger partial charge in [0.15, 0.2) is 5.75 Å². The fourth-order valence-corrected chi connectivity index (χ4v) is 2.27. The number of hydrogen-bond donors (Lipinski definition) is 1. The molecule has 0 aliphatic carbocycles. The van der Waals surface area contributed by atoms with Gasteiger partial charge >= 0.3 is 5.69 Å². The van der Waals surface area contributed by atoms with Gasteiger partial charge in [-0.3, -0.25) is 10.1 Å². The first-order valence-electron chi connectivity index (χ1n) is 3.95. The van der Waals surface area contributed by atoms with Crippen molar-refractivity contribution < 1.29 is 10.0 Å². The Labute approximate surface area is 83.6 Å². The maximum Gasteiger partial charge on any atom is 0.312 e. The van der Waals surface area contributed by atoms with E-state index in [9.17, 15) is 15.2 Å². The quantitative estimate of drug-likeness (QED) is 0.580. The van der Waals surface area contributed by atoms with E-state index in [0.717, 1.165) is 10.1 Å². The molecule has 1 aromatic carbocycles. The number of fused-ring (bicyclic) bond motifs is 1. The summed E-state index contributed by atoms with van der Waals surface area (Å²) in [5.41, 5.74) is 0.341. The molecule has 72 valence electrons. The number of hydrogen-bond acceptors (Lipinski definition) is 4. The van der Waals surface area contributed by atoms with Gasteiger partial charge in [-0.15, -0.1) is 11.3 Å². The first kappa shape index (κ1) is 8.96. The first-order valence-corrected chi connectivity index (χ1v) is 4.83. The van der Waals surface area contributed by atoms with E-state index in [2.05, 4.69) is 0 Å². The van der Waals surface area contributed by atoms with E-state index in [0.29, 0.717) is 5.56 Å². The normalized spacial score (nSPS) is 10.6. The molecule has 1 aromatic heterocycles. The lowest BCUT2D eigenvalue weighted by Crippen LogP contribution is -1.90. The zero-order valence-corrected chi connectivity index (χ0v) is 8.17. The fraction of sp³-hybridized carbons (Fsp3) is 0.111. The van der Waals surface area contributed by atoms with Crippen LogP contribution in [0.25, 0.3) is 10.1 Å². The second kappa shape index (κ2) is 2.95. The number of rotatable bonds is 1. The molecule has 0 saturated carbocycles. The highest BCUT2D eigenvalue weighted by Crippen LogP contribution is 2.37. The first-order chi connectivity index (χ1) is 6.61. The number of nitro benzene ring substituents is 1. The van der Waals surface area contributed by atoms with Crippen LogP contribution in [0.5, 0.6) is 5.75 Å². The predicted molar refractivity (Wildman–Crippen MR) is 54.9 cm³/mol. The second-order valence-corrected chi connectivity index (χ2v) is 3.91. The van der Waals surface area contributed by atoms with E-state index in [1.807, 2.05) is 11.4 Å². The third-order valence-corrected chi connectivity index (χ3v) is 3.03. The van der Waals surface area contributed by atoms with Crippen LogP contribution < -0.4 is 0 Å². The lowest BCUT2D eigenvalue weighted by Gasteiger charge is -2.01. The minimum absolute atomic E-state index is 0.225. The maximum absolute atomic E-state index is 10.6. The molecule has 2 rings (SSSR count). The number of benzene rings is 1. The summed E-state index contributed by atoms with van der Waals surface area (Å²) >= 11 is 1.43. The topological polar surface area (TPSA) is 63.4 Å². The van der Waals surface area contributed by atoms with Gasteiger partial charge in [-0.1, -0.05) is 0 Å². The molecule has 2 aromatic rings. The third kappa shape index (κ3) is 1.13. The minimum Gasteiger partial charge on any atom is -0.502 e. The van der Waals surface area contributed by atoms with Crippen molar-refractivity contribution in [2.45, 2.75) is 6.92 Å². The summed E-state index contributed by atoms with van der Waals surface area (Å²) in [7, 11) is 0. The molecule has 0 radical (unpaired) electrons. The molecule has 14 heavy (non-hydrogen) atoms. The van der Waals surface area contributed by atoms with Crippen molar-refractivity contribution >= 4 is 27.1 Å². The number of nitro groups is 1. The van der Waals surface area contributed by atoms with Gasteiger partial charge in [-0.25, -0.2) is 0 Å². The van der Waals surface area contributed by atoms with E-state index in [1.165, 1.54) is 17.4 Å². The van der Waals surface area contributed by atoms with Crippen LogP contribution >= 0.6 is 11.3 Å². The van der Waals surface area contributed by atoms with Gasteiger partial charge in [0.2, 0.25) is 0 Å². The number of aromatic hydroxyl groups is 1. The smallest absolute Gasteiger partial charge is 0.312 e. The average Bonchev–Trinajstić information content (AvgIpc) is 2.58. The highest BCUT2D eigenvalue weighted by molar-refractivity contribution is 7.17. The van der Waals surface area contributed by atoms with Gasteiger partial charge in [0, 0.05) is 16.3 Å². The molecule has 0 bridgehead atoms. The van der Waals surface area contributed by atoms with Gasteiger partial charge in [0.1, 0.15) is 0 Å². The molecule has 0 aliphatic heterocycles. The van der Waals surface area contributed by atoms with Crippen molar-refractivity contribution in [3.63, 3.8) is 0 Å². The van der Waals surface area contributed by atoms with E-state index in [-0.39, 0.29) is 11.4 Å². The van der Waals surface area contributed by atoms with Crippen LogP contribution in [0.2, 0.25) is 0 Å². The van der Waals surface area contributed by atoms with Crippen molar-refractivity contribution in [2.24, 2.45) is 0 Å². The summed E-state index contributed by atoms with van der Waals surface area (Å²) in [6.07, 6.45) is 0. The molecule has 1 heterocycles. The second-order valence-electron chi connectivity index (χ2n) is 2.96. The molecule has 0 aliphatic rings. The highest BCUT2D eigenvalue weighted by Gasteiger charge is 2.18. The lowest BCUT2D eigenvalue weighted by atomic mass is 10.1. The molecule has 5 heteroatoms. The van der Waals surface area contributed by atoms with E-state index in [4.69, 9.17) is 0 Å². The maximum atomic E-state index is 10.6. The molecule has 0 amide bonds. The molecule has 1 N–H and O–H groups in total. The van der Waals surface area contributed by atoms with E-state index >= 15 is 0 Å². The standard InChI is InChI=1S/C9H7NO3S/c1-5-6-2-3-14-8(6)4-7(9(5)11)10(12)13/h2-4,11H,1H3. The predicted octanol–water partition coefficient (Wildman–Crippen LogP) is 2.82. The van der Waals surface area contributed by atoms with Crippen LogP contribution in [0.4, 0.5) is 5.69 Å². The molecular formula is C9H7NO3S. The molecule has 0 unspecified atom stereocenters. The Balaban J connectivity index is 2.87. The SMILES string of the molecule is Cc1c(O)c([N+](=O)[O-])cc2sccc12. The summed E-state index contributed by atoms with van der Waals surface area (Å²) in [6.45, 7) is 1.68. The monoisotopic (exact) mass is 209 g/mol. The van der Waals surface area contributed by atoms with Crippen molar-refractivity contribution in [3.05, 3.63) is 33.2 Å². The van der Waals surface area contributed by atoms with E-state index in [1.54, 1.807) is 6.92 Å². The molecule has 0 atom stereocenters. The Morgan fingerprint density at radius 3 is 2.93 bits per heavy atom. The summed E-state index contributed by atoms with van der Waals surface area (Å²) in [6, 6.07) is 3.25. The Morgan fingerprint density at radius 1 is 1.57 bits per heavy atom. The van der Waals surface area contributed by atoms with Crippen LogP contribution in [0.3, 0.4) is 0 Å². The molecule has 0 saturated heterocycles. The number of nitrogens with zero attached hydrogens (tertiary/aromatic N) is 1. The van der Waals surface area contributed by atoms with Crippen LogP contribution in [0.15, 0.2) is 17.5 Å². The minimum atomic E-state index is -0.568. The average molecular weight is 209 g/mol. The highest BCUT2D eigenvalue weighted by atomic mass is 32.1. The van der Waals surface area contributed by atoms with Gasteiger partial charge in [0.25, 0.3) is 0 Å². The van der Waals surface area contributed by atoms with Crippen LogP contribution in [-0.4, -0.2) is 10.0 Å². The lowest BCUT2D eigenvalue weighted by molar-refractivity contribution is -0.385. The van der Waals surface area contributed by atoms with Crippen molar-refractivity contribution in [3.8, 4) is 5.75 Å². The summed E-state index contributed by atoms with van der Waals surface area (Å²) in [4.78, 5) is 10.0. The van der Waals surface area contributed by atoms with Crippen molar-refractivity contribution in [2.75, 3.05) is 0 Å². The van der Waals surface area contributed by atoms with Crippen molar-refractivity contribution in [1.29, 1.82) is 0 Å². The third-order valence-electron chi connectivity index (χ3n) is 2.16. The van der Waals surface area contributed by atoms with Crippen LogP contribution in [0, 0.1) is 17.0 Å². The number of phenolic OH excluding ortho intramolecular Hbond substituents is 1. The van der Waals surface area contributed by atoms with E-state index < -0.39 is 4.92 Å². The Morgan fingerprint density at radius 2 is 2.29 bits per heavy atom. The number of thiophene rings is 1. The Kier molecular flexibility index (Phi) is 1.89. The van der Waals surface area contributed by atoms with Gasteiger partial charge < -0.3 is 5.11 Å². The molecule has 0 spiro atoms. The van der Waals surface area contributed by atoms with Crippen LogP contribution in [0.1, 0.15) is 5.56 Å². The number of phenols is 1. The van der Waals surface area contributed by atoms with Gasteiger partial charge in [-0.2, -0.15) is 0 Å². The summed E-state index contributed by atoms with van der Waals surface area (Å²) < 4.78 is 0.826. The number of aryl methyl sites for hydroxylation is 1. The Hall–Kier alpha value is -1.62. The molecule has 4 nitrogen and oxygen atoms in total. The summed E-state index contributed by atoms with van der Waals surface area (Å²) in [5.74, 6) is -0.235. The zero-order chi connectivity index (χ0) is 10.3. The van der Waals surface area contributed by atoms with Crippen LogP contribution in [-0.2, 0) is 0 Å². The van der Waals surface area contributed by atoms with Crippen molar-refractivity contribution in [1.82, 2.24) is 0 Å². The molecule has 0 fully saturated rings. The fourth-order valence-electron chi connectivity index (χ4n) is 1.39. The van der Waals surface area contributed by atoms with Gasteiger partial charge in [-0.05, 0) is 23.8 Å². The molecular weight excluding hydrogens is 202 g/mol. The zero-order valence-electron chi connectivity index (χ0n) is 7.35. The van der Waals surface area contributed by atoms with Gasteiger partial charge in [0.05, 0.1) is 4.92 Å². The summed E-state index contributed by atoms with van der Waals surface area (Å²) in [5, 5.41) is 22.9. The Bertz CT molecular complexity index is 518. The largest absolute Gasteiger partial charge is 0.502 e.